The van der Waals surface area contributed by atoms with E-state index < -0.39 is 17.7 Å². The SMILES string of the molecule is Cc1ccc(-c2c([C@H](OC(C)(C)C)C(=O)O)c(C)c3c4c2cc(C)n4CCN3c2ncc(C3CCN(C)CC3)cn2)cc1. The predicted octanol–water partition coefficient (Wildman–Crippen LogP) is 6.93. The quantitative estimate of drug-likeness (QED) is 0.264. The lowest BCUT2D eigenvalue weighted by atomic mass is 9.87. The summed E-state index contributed by atoms with van der Waals surface area (Å²) in [6, 6.07) is 10.5. The van der Waals surface area contributed by atoms with E-state index in [2.05, 4.69) is 65.6 Å². The maximum atomic E-state index is 13.0. The Morgan fingerprint density at radius 2 is 1.65 bits per heavy atom. The van der Waals surface area contributed by atoms with Crippen LogP contribution in [0.25, 0.3) is 22.0 Å². The molecule has 4 heterocycles. The number of ether oxygens (including phenoxy) is 1. The Hall–Kier alpha value is -3.75. The molecule has 2 aliphatic heterocycles. The maximum Gasteiger partial charge on any atom is 0.337 e. The summed E-state index contributed by atoms with van der Waals surface area (Å²) in [7, 11) is 2.17. The van der Waals surface area contributed by atoms with E-state index in [1.807, 2.05) is 40.1 Å². The maximum absolute atomic E-state index is 13.0. The predicted molar refractivity (Wildman–Crippen MR) is 171 cm³/mol. The summed E-state index contributed by atoms with van der Waals surface area (Å²) in [5.41, 5.74) is 8.31. The fourth-order valence-corrected chi connectivity index (χ4v) is 6.86. The fourth-order valence-electron chi connectivity index (χ4n) is 6.86. The minimum Gasteiger partial charge on any atom is -0.479 e. The molecule has 1 saturated heterocycles. The molecule has 6 rings (SSSR count). The second-order valence-electron chi connectivity index (χ2n) is 13.3. The van der Waals surface area contributed by atoms with E-state index in [-0.39, 0.29) is 0 Å². The van der Waals surface area contributed by atoms with Crippen molar-refractivity contribution < 1.29 is 14.6 Å². The Balaban J connectivity index is 1.56. The molecule has 2 aliphatic rings. The Morgan fingerprint density at radius 3 is 2.26 bits per heavy atom. The van der Waals surface area contributed by atoms with E-state index >= 15 is 0 Å². The highest BCUT2D eigenvalue weighted by atomic mass is 16.5. The zero-order chi connectivity index (χ0) is 30.6. The molecule has 0 amide bonds. The lowest BCUT2D eigenvalue weighted by Gasteiger charge is -2.35. The van der Waals surface area contributed by atoms with Gasteiger partial charge in [0, 0.05) is 42.1 Å². The van der Waals surface area contributed by atoms with Gasteiger partial charge in [-0.3, -0.25) is 0 Å². The number of carbonyl (C=O) groups is 1. The number of carboxylic acids is 1. The topological polar surface area (TPSA) is 83.7 Å². The van der Waals surface area contributed by atoms with Gasteiger partial charge in [0.1, 0.15) is 0 Å². The van der Waals surface area contributed by atoms with Gasteiger partial charge in [0.15, 0.2) is 6.10 Å². The lowest BCUT2D eigenvalue weighted by molar-refractivity contribution is -0.160. The monoisotopic (exact) mass is 581 g/mol. The summed E-state index contributed by atoms with van der Waals surface area (Å²) in [5.74, 6) is 0.116. The summed E-state index contributed by atoms with van der Waals surface area (Å²) in [4.78, 5) is 27.3. The number of likely N-dealkylation sites (tertiary alicyclic amines) is 1. The number of aromatic nitrogens is 3. The molecule has 4 aromatic rings. The van der Waals surface area contributed by atoms with Gasteiger partial charge in [0.05, 0.1) is 16.8 Å². The number of aliphatic carboxylic acids is 1. The molecule has 2 aromatic carbocycles. The van der Waals surface area contributed by atoms with Gasteiger partial charge in [-0.25, -0.2) is 14.8 Å². The molecule has 0 radical (unpaired) electrons. The zero-order valence-electron chi connectivity index (χ0n) is 26.4. The number of rotatable bonds is 6. The fraction of sp³-hybridized carbons (Fsp3) is 0.457. The van der Waals surface area contributed by atoms with Gasteiger partial charge in [-0.15, -0.1) is 0 Å². The van der Waals surface area contributed by atoms with Crippen LogP contribution in [0.4, 0.5) is 11.6 Å². The molecule has 0 spiro atoms. The Morgan fingerprint density at radius 1 is 1.00 bits per heavy atom. The molecule has 0 unspecified atom stereocenters. The molecule has 0 bridgehead atoms. The second kappa shape index (κ2) is 11.1. The van der Waals surface area contributed by atoms with Gasteiger partial charge in [-0.2, -0.15) is 0 Å². The first-order valence-corrected chi connectivity index (χ1v) is 15.3. The number of hydrogen-bond acceptors (Lipinski definition) is 6. The molecule has 0 aliphatic carbocycles. The van der Waals surface area contributed by atoms with Crippen molar-refractivity contribution in [2.45, 2.75) is 78.6 Å². The van der Waals surface area contributed by atoms with E-state index in [0.717, 1.165) is 77.0 Å². The van der Waals surface area contributed by atoms with Crippen molar-refractivity contribution in [3.05, 3.63) is 70.7 Å². The van der Waals surface area contributed by atoms with Crippen molar-refractivity contribution in [3.8, 4) is 11.1 Å². The average Bonchev–Trinajstić information content (AvgIpc) is 3.30. The number of benzene rings is 2. The first-order valence-electron chi connectivity index (χ1n) is 15.3. The third kappa shape index (κ3) is 5.43. The van der Waals surface area contributed by atoms with Gasteiger partial charge in [-0.05, 0) is 109 Å². The van der Waals surface area contributed by atoms with Crippen LogP contribution in [-0.2, 0) is 16.1 Å². The zero-order valence-corrected chi connectivity index (χ0v) is 26.4. The van der Waals surface area contributed by atoms with E-state index in [4.69, 9.17) is 14.7 Å². The molecule has 2 aromatic heterocycles. The molecule has 43 heavy (non-hydrogen) atoms. The lowest BCUT2D eigenvalue weighted by Crippen LogP contribution is -2.32. The van der Waals surface area contributed by atoms with Crippen LogP contribution in [0.1, 0.15) is 73.6 Å². The summed E-state index contributed by atoms with van der Waals surface area (Å²) < 4.78 is 8.68. The minimum atomic E-state index is -1.16. The van der Waals surface area contributed by atoms with E-state index in [1.54, 1.807) is 0 Å². The van der Waals surface area contributed by atoms with Crippen LogP contribution in [0.3, 0.4) is 0 Å². The van der Waals surface area contributed by atoms with Crippen LogP contribution < -0.4 is 4.90 Å². The van der Waals surface area contributed by atoms with Crippen molar-refractivity contribution >= 4 is 28.5 Å². The molecule has 226 valence electrons. The van der Waals surface area contributed by atoms with Crippen molar-refractivity contribution in [1.82, 2.24) is 19.4 Å². The molecule has 8 nitrogen and oxygen atoms in total. The van der Waals surface area contributed by atoms with Crippen LogP contribution >= 0.6 is 0 Å². The number of piperidine rings is 1. The smallest absolute Gasteiger partial charge is 0.337 e. The number of anilines is 2. The van der Waals surface area contributed by atoms with Crippen molar-refractivity contribution in [3.63, 3.8) is 0 Å². The minimum absolute atomic E-state index is 0.478. The Kier molecular flexibility index (Phi) is 7.55. The summed E-state index contributed by atoms with van der Waals surface area (Å²) in [5, 5.41) is 11.6. The molecular formula is C35H43N5O3. The summed E-state index contributed by atoms with van der Waals surface area (Å²) in [6.45, 7) is 15.6. The normalized spacial score (nSPS) is 17.0. The van der Waals surface area contributed by atoms with Crippen molar-refractivity contribution in [2.75, 3.05) is 31.6 Å². The summed E-state index contributed by atoms with van der Waals surface area (Å²) in [6.07, 6.45) is 5.06. The van der Waals surface area contributed by atoms with E-state index in [9.17, 15) is 9.90 Å². The highest BCUT2D eigenvalue weighted by molar-refractivity contribution is 6.08. The van der Waals surface area contributed by atoms with Crippen LogP contribution in [0.2, 0.25) is 0 Å². The van der Waals surface area contributed by atoms with E-state index in [0.29, 0.717) is 24.0 Å². The number of nitrogens with zero attached hydrogens (tertiary/aromatic N) is 5. The van der Waals surface area contributed by atoms with Crippen molar-refractivity contribution in [1.29, 1.82) is 0 Å². The standard InChI is InChI=1S/C35H43N5O3/c1-21-8-10-25(11-9-21)29-27-18-22(2)39-16-17-40(34-36-19-26(20-37-34)24-12-14-38(7)15-13-24)30(31(27)39)23(3)28(29)32(33(41)42)43-35(4,5)6/h8-11,18-20,24,32H,12-17H2,1-7H3,(H,41,42)/t32-/m0/s1. The number of hydrogen-bond donors (Lipinski definition) is 1. The van der Waals surface area contributed by atoms with Gasteiger partial charge >= 0.3 is 5.97 Å². The third-order valence-electron chi connectivity index (χ3n) is 9.03. The first-order chi connectivity index (χ1) is 20.4. The molecule has 1 atom stereocenters. The Labute approximate surface area is 254 Å². The highest BCUT2D eigenvalue weighted by Crippen LogP contribution is 2.49. The molecular weight excluding hydrogens is 538 g/mol. The summed E-state index contributed by atoms with van der Waals surface area (Å²) >= 11 is 0. The third-order valence-corrected chi connectivity index (χ3v) is 9.03. The van der Waals surface area contributed by atoms with Crippen LogP contribution in [0.15, 0.2) is 42.7 Å². The first kappa shape index (κ1) is 29.3. The van der Waals surface area contributed by atoms with Crippen LogP contribution in [0, 0.1) is 20.8 Å². The largest absolute Gasteiger partial charge is 0.479 e. The van der Waals surface area contributed by atoms with E-state index in [1.165, 1.54) is 5.56 Å². The molecule has 1 fully saturated rings. The molecule has 8 heteroatoms. The number of aryl methyl sites for hydroxylation is 2. The number of carboxylic acid groups (broad SMARTS) is 1. The van der Waals surface area contributed by atoms with Gasteiger partial charge in [0.2, 0.25) is 5.95 Å². The molecule has 1 N–H and O–H groups in total. The average molecular weight is 582 g/mol. The van der Waals surface area contributed by atoms with Gasteiger partial charge < -0.3 is 24.2 Å². The van der Waals surface area contributed by atoms with Crippen LogP contribution in [-0.4, -0.2) is 62.8 Å². The molecule has 0 saturated carbocycles. The Bertz CT molecular complexity index is 1660. The highest BCUT2D eigenvalue weighted by Gasteiger charge is 2.36. The van der Waals surface area contributed by atoms with Crippen LogP contribution in [0.5, 0.6) is 0 Å². The van der Waals surface area contributed by atoms with Crippen molar-refractivity contribution in [2.24, 2.45) is 0 Å². The van der Waals surface area contributed by atoms with Gasteiger partial charge in [0.25, 0.3) is 0 Å². The van der Waals surface area contributed by atoms with Gasteiger partial charge in [-0.1, -0.05) is 29.8 Å². The second-order valence-corrected chi connectivity index (χ2v) is 13.3.